The van der Waals surface area contributed by atoms with E-state index in [1.807, 2.05) is 0 Å². The summed E-state index contributed by atoms with van der Waals surface area (Å²) in [6.07, 6.45) is 0. The Morgan fingerprint density at radius 2 is 1.89 bits per heavy atom. The molecule has 0 saturated carbocycles. The average molecular weight is 302 g/mol. The van der Waals surface area contributed by atoms with Crippen LogP contribution in [0.15, 0.2) is 29.2 Å². The molecular formula is C12H18N2O3S2. The fourth-order valence-electron chi connectivity index (χ4n) is 1.20. The molecule has 19 heavy (non-hydrogen) atoms. The number of benzene rings is 1. The van der Waals surface area contributed by atoms with Crippen LogP contribution in [-0.4, -0.2) is 27.1 Å². The molecule has 0 bridgehead atoms. The van der Waals surface area contributed by atoms with E-state index in [-0.39, 0.29) is 16.4 Å². The zero-order chi connectivity index (χ0) is 14.7. The van der Waals surface area contributed by atoms with E-state index in [2.05, 4.69) is 4.72 Å². The molecule has 0 aliphatic carbocycles. The highest BCUT2D eigenvalue weighted by molar-refractivity contribution is 7.89. The molecule has 0 atom stereocenters. The molecule has 0 spiro atoms. The summed E-state index contributed by atoms with van der Waals surface area (Å²) in [7, 11) is -2.05. The fourth-order valence-corrected chi connectivity index (χ4v) is 2.48. The predicted octanol–water partition coefficient (Wildman–Crippen LogP) is 1.29. The molecule has 0 aliphatic rings. The molecule has 5 nitrogen and oxygen atoms in total. The second kappa shape index (κ2) is 5.85. The molecule has 7 heteroatoms. The summed E-state index contributed by atoms with van der Waals surface area (Å²) < 4.78 is 31.6. The maximum absolute atomic E-state index is 12.1. The van der Waals surface area contributed by atoms with Gasteiger partial charge in [-0.15, -0.1) is 0 Å². The maximum Gasteiger partial charge on any atom is 0.240 e. The van der Waals surface area contributed by atoms with Gasteiger partial charge >= 0.3 is 0 Å². The van der Waals surface area contributed by atoms with Gasteiger partial charge in [0.05, 0.1) is 17.0 Å². The van der Waals surface area contributed by atoms with Gasteiger partial charge in [0.1, 0.15) is 5.75 Å². The van der Waals surface area contributed by atoms with Crippen molar-refractivity contribution in [3.8, 4) is 5.75 Å². The lowest BCUT2D eigenvalue weighted by Gasteiger charge is -2.23. The molecule has 106 valence electrons. The topological polar surface area (TPSA) is 81.4 Å². The molecule has 0 heterocycles. The molecule has 0 aliphatic heterocycles. The van der Waals surface area contributed by atoms with Crippen molar-refractivity contribution in [3.05, 3.63) is 24.3 Å². The van der Waals surface area contributed by atoms with Crippen molar-refractivity contribution < 1.29 is 13.2 Å². The lowest BCUT2D eigenvalue weighted by molar-refractivity contribution is 0.414. The molecule has 3 N–H and O–H groups in total. The number of methoxy groups -OCH3 is 1. The summed E-state index contributed by atoms with van der Waals surface area (Å²) in [5.41, 5.74) is 4.98. The van der Waals surface area contributed by atoms with Crippen molar-refractivity contribution in [2.24, 2.45) is 11.1 Å². The highest BCUT2D eigenvalue weighted by atomic mass is 32.2. The van der Waals surface area contributed by atoms with E-state index < -0.39 is 15.4 Å². The van der Waals surface area contributed by atoms with Crippen molar-refractivity contribution in [1.82, 2.24) is 4.72 Å². The first kappa shape index (κ1) is 15.9. The molecule has 1 rings (SSSR count). The Bertz CT molecular complexity index is 551. The van der Waals surface area contributed by atoms with Crippen molar-refractivity contribution in [1.29, 1.82) is 0 Å². The SMILES string of the molecule is COc1ccc(S(=O)(=O)NCC(C)(C)C(N)=S)cc1. The van der Waals surface area contributed by atoms with Gasteiger partial charge in [0, 0.05) is 12.0 Å². The largest absolute Gasteiger partial charge is 0.497 e. The Balaban J connectivity index is 2.84. The number of hydrogen-bond donors (Lipinski definition) is 2. The number of rotatable bonds is 6. The monoisotopic (exact) mass is 302 g/mol. The molecule has 0 fully saturated rings. The molecule has 0 radical (unpaired) electrons. The zero-order valence-electron chi connectivity index (χ0n) is 11.1. The lowest BCUT2D eigenvalue weighted by atomic mass is 9.94. The van der Waals surface area contributed by atoms with Crippen LogP contribution in [0.1, 0.15) is 13.8 Å². The number of thiocarbonyl (C=S) groups is 1. The fraction of sp³-hybridized carbons (Fsp3) is 0.417. The van der Waals surface area contributed by atoms with Crippen molar-refractivity contribution in [2.75, 3.05) is 13.7 Å². The minimum Gasteiger partial charge on any atom is -0.497 e. The van der Waals surface area contributed by atoms with Crippen LogP contribution in [-0.2, 0) is 10.0 Å². The van der Waals surface area contributed by atoms with Gasteiger partial charge in [-0.25, -0.2) is 13.1 Å². The zero-order valence-corrected chi connectivity index (χ0v) is 12.8. The van der Waals surface area contributed by atoms with Crippen LogP contribution < -0.4 is 15.2 Å². The van der Waals surface area contributed by atoms with Crippen LogP contribution in [0.5, 0.6) is 5.75 Å². The standard InChI is InChI=1S/C12H18N2O3S2/c1-12(2,11(13)18)8-14-19(15,16)10-6-4-9(17-3)5-7-10/h4-7,14H,8H2,1-3H3,(H2,13,18). The molecule has 0 saturated heterocycles. The first-order valence-corrected chi connectivity index (χ1v) is 7.52. The molecule has 1 aromatic rings. The summed E-state index contributed by atoms with van der Waals surface area (Å²) in [6, 6.07) is 6.14. The van der Waals surface area contributed by atoms with Gasteiger partial charge in [0.2, 0.25) is 10.0 Å². The average Bonchev–Trinajstić information content (AvgIpc) is 2.36. The number of sulfonamides is 1. The third kappa shape index (κ3) is 4.15. The summed E-state index contributed by atoms with van der Waals surface area (Å²) in [5, 5.41) is 0. The first-order chi connectivity index (χ1) is 8.69. The Morgan fingerprint density at radius 3 is 2.32 bits per heavy atom. The second-order valence-electron chi connectivity index (χ2n) is 4.75. The minimum absolute atomic E-state index is 0.149. The van der Waals surface area contributed by atoms with E-state index in [1.165, 1.54) is 19.2 Å². The van der Waals surface area contributed by atoms with Crippen LogP contribution >= 0.6 is 12.2 Å². The van der Waals surface area contributed by atoms with Gasteiger partial charge in [-0.1, -0.05) is 26.1 Å². The summed E-state index contributed by atoms with van der Waals surface area (Å²) in [4.78, 5) is 0.442. The van der Waals surface area contributed by atoms with Gasteiger partial charge in [-0.3, -0.25) is 0 Å². The Labute approximate surface area is 119 Å². The van der Waals surface area contributed by atoms with Gasteiger partial charge < -0.3 is 10.5 Å². The molecule has 0 unspecified atom stereocenters. The summed E-state index contributed by atoms with van der Waals surface area (Å²) in [5.74, 6) is 0.599. The quantitative estimate of drug-likeness (QED) is 0.774. The van der Waals surface area contributed by atoms with E-state index in [9.17, 15) is 8.42 Å². The van der Waals surface area contributed by atoms with Gasteiger partial charge in [0.25, 0.3) is 0 Å². The van der Waals surface area contributed by atoms with Crippen LogP contribution in [0.3, 0.4) is 0 Å². The Morgan fingerprint density at radius 1 is 1.37 bits per heavy atom. The number of nitrogens with two attached hydrogens (primary N) is 1. The summed E-state index contributed by atoms with van der Waals surface area (Å²) in [6.45, 7) is 3.72. The molecular weight excluding hydrogens is 284 g/mol. The first-order valence-electron chi connectivity index (χ1n) is 5.63. The number of hydrogen-bond acceptors (Lipinski definition) is 4. The van der Waals surface area contributed by atoms with Crippen molar-refractivity contribution >= 4 is 27.2 Å². The Kier molecular flexibility index (Phi) is 4.89. The van der Waals surface area contributed by atoms with Gasteiger partial charge in [-0.2, -0.15) is 0 Å². The van der Waals surface area contributed by atoms with Crippen LogP contribution in [0.2, 0.25) is 0 Å². The third-order valence-corrected chi connectivity index (χ3v) is 4.71. The number of nitrogens with one attached hydrogen (secondary N) is 1. The van der Waals surface area contributed by atoms with E-state index >= 15 is 0 Å². The normalized spacial score (nSPS) is 12.2. The predicted molar refractivity (Wildman–Crippen MR) is 78.7 cm³/mol. The highest BCUT2D eigenvalue weighted by Gasteiger charge is 2.24. The minimum atomic E-state index is -3.57. The maximum atomic E-state index is 12.1. The highest BCUT2D eigenvalue weighted by Crippen LogP contribution is 2.18. The van der Waals surface area contributed by atoms with Gasteiger partial charge in [0.15, 0.2) is 0 Å². The van der Waals surface area contributed by atoms with E-state index in [4.69, 9.17) is 22.7 Å². The Hall–Kier alpha value is -1.18. The van der Waals surface area contributed by atoms with Gasteiger partial charge in [-0.05, 0) is 24.3 Å². The molecule has 0 aromatic heterocycles. The second-order valence-corrected chi connectivity index (χ2v) is 6.95. The smallest absolute Gasteiger partial charge is 0.240 e. The van der Waals surface area contributed by atoms with E-state index in [0.29, 0.717) is 5.75 Å². The molecule has 0 amide bonds. The van der Waals surface area contributed by atoms with Crippen LogP contribution in [0.4, 0.5) is 0 Å². The van der Waals surface area contributed by atoms with E-state index in [1.54, 1.807) is 26.0 Å². The van der Waals surface area contributed by atoms with Crippen LogP contribution in [0, 0.1) is 5.41 Å². The van der Waals surface area contributed by atoms with Crippen molar-refractivity contribution in [3.63, 3.8) is 0 Å². The van der Waals surface area contributed by atoms with E-state index in [0.717, 1.165) is 0 Å². The number of ether oxygens (including phenoxy) is 1. The molecule has 1 aromatic carbocycles. The van der Waals surface area contributed by atoms with Crippen LogP contribution in [0.25, 0.3) is 0 Å². The van der Waals surface area contributed by atoms with Crippen molar-refractivity contribution in [2.45, 2.75) is 18.7 Å². The summed E-state index contributed by atoms with van der Waals surface area (Å²) >= 11 is 4.90. The third-order valence-electron chi connectivity index (χ3n) is 2.74. The lowest BCUT2D eigenvalue weighted by Crippen LogP contribution is -2.41.